The average Bonchev–Trinajstić information content (AvgIpc) is 3.14. The van der Waals surface area contributed by atoms with Crippen LogP contribution < -0.4 is 0 Å². The number of rotatable bonds is 6. The van der Waals surface area contributed by atoms with Crippen LogP contribution in [0.4, 0.5) is 0 Å². The maximum absolute atomic E-state index is 13.4. The van der Waals surface area contributed by atoms with Gasteiger partial charge in [0.25, 0.3) is 0 Å². The molecule has 3 rings (SSSR count). The van der Waals surface area contributed by atoms with Crippen molar-refractivity contribution in [2.24, 2.45) is 0 Å². The van der Waals surface area contributed by atoms with Crippen LogP contribution in [0.3, 0.4) is 0 Å². The molecule has 0 bridgehead atoms. The number of aromatic nitrogens is 2. The Balaban J connectivity index is 1.91. The minimum atomic E-state index is -3.77. The molecule has 3 aromatic rings. The molecule has 0 aliphatic rings. The van der Waals surface area contributed by atoms with Gasteiger partial charge in [-0.25, -0.2) is 8.42 Å². The molecule has 0 spiro atoms. The fourth-order valence-electron chi connectivity index (χ4n) is 2.99. The van der Waals surface area contributed by atoms with Crippen molar-refractivity contribution in [3.63, 3.8) is 0 Å². The van der Waals surface area contributed by atoms with Crippen molar-refractivity contribution < 1.29 is 12.9 Å². The van der Waals surface area contributed by atoms with Crippen molar-refractivity contribution in [1.82, 2.24) is 14.4 Å². The zero-order chi connectivity index (χ0) is 22.1. The lowest BCUT2D eigenvalue weighted by molar-refractivity contribution is 0.214. The molecule has 6 nitrogen and oxygen atoms in total. The highest BCUT2D eigenvalue weighted by Gasteiger charge is 2.35. The summed E-state index contributed by atoms with van der Waals surface area (Å²) in [5, 5.41) is 4.59. The van der Waals surface area contributed by atoms with Crippen LogP contribution in [0.2, 0.25) is 5.02 Å². The maximum atomic E-state index is 13.4. The summed E-state index contributed by atoms with van der Waals surface area (Å²) < 4.78 is 33.5. The van der Waals surface area contributed by atoms with E-state index in [1.807, 2.05) is 32.9 Å². The van der Waals surface area contributed by atoms with Crippen molar-refractivity contribution in [1.29, 1.82) is 0 Å². The van der Waals surface area contributed by atoms with Gasteiger partial charge in [0.2, 0.25) is 21.7 Å². The first kappa shape index (κ1) is 22.5. The van der Waals surface area contributed by atoms with Gasteiger partial charge in [0.15, 0.2) is 0 Å². The van der Waals surface area contributed by atoms with E-state index in [2.05, 4.69) is 24.0 Å². The molecular formula is C22H26ClN3O3S. The van der Waals surface area contributed by atoms with Crippen molar-refractivity contribution in [2.45, 2.75) is 57.5 Å². The summed E-state index contributed by atoms with van der Waals surface area (Å²) >= 11 is 5.92. The van der Waals surface area contributed by atoms with Gasteiger partial charge >= 0.3 is 0 Å². The lowest BCUT2D eigenvalue weighted by Gasteiger charge is -2.33. The molecule has 0 amide bonds. The average molecular weight is 448 g/mol. The monoisotopic (exact) mass is 447 g/mol. The molecular weight excluding hydrogens is 422 g/mol. The molecule has 0 radical (unpaired) electrons. The van der Waals surface area contributed by atoms with Crippen LogP contribution in [-0.2, 0) is 16.6 Å². The molecule has 0 aliphatic heterocycles. The van der Waals surface area contributed by atoms with Crippen LogP contribution in [0.1, 0.15) is 52.0 Å². The normalized spacial score (nSPS) is 12.7. The fourth-order valence-corrected chi connectivity index (χ4v) is 4.85. The summed E-state index contributed by atoms with van der Waals surface area (Å²) in [6.45, 7) is 9.62. The van der Waals surface area contributed by atoms with Gasteiger partial charge in [-0.05, 0) is 68.7 Å². The highest BCUT2D eigenvalue weighted by Crippen LogP contribution is 2.28. The van der Waals surface area contributed by atoms with Gasteiger partial charge in [-0.2, -0.15) is 9.29 Å². The molecule has 0 fully saturated rings. The van der Waals surface area contributed by atoms with Gasteiger partial charge in [0.05, 0.1) is 11.4 Å². The van der Waals surface area contributed by atoms with Gasteiger partial charge in [-0.3, -0.25) is 0 Å². The minimum absolute atomic E-state index is 0.0294. The van der Waals surface area contributed by atoms with Gasteiger partial charge < -0.3 is 4.52 Å². The predicted molar refractivity (Wildman–Crippen MR) is 118 cm³/mol. The lowest BCUT2D eigenvalue weighted by Crippen LogP contribution is -2.45. The number of sulfonamides is 1. The molecule has 2 aromatic carbocycles. The zero-order valence-electron chi connectivity index (χ0n) is 17.8. The minimum Gasteiger partial charge on any atom is -0.338 e. The second-order valence-corrected chi connectivity index (χ2v) is 10.7. The van der Waals surface area contributed by atoms with Crippen LogP contribution in [0.25, 0.3) is 11.4 Å². The molecule has 0 unspecified atom stereocenters. The first-order valence-electron chi connectivity index (χ1n) is 9.70. The SMILES string of the molecule is CC(C)c1ccc(S(=O)(=O)N(Cc2nc(-c3ccc(Cl)cc3)no2)C(C)(C)C)cc1. The standard InChI is InChI=1S/C22H26ClN3O3S/c1-15(2)16-8-12-19(13-9-16)30(27,28)26(22(3,4)5)14-20-24-21(25-29-20)17-6-10-18(23)11-7-17/h6-13,15H,14H2,1-5H3. The quantitative estimate of drug-likeness (QED) is 0.498. The number of benzene rings is 2. The summed E-state index contributed by atoms with van der Waals surface area (Å²) in [7, 11) is -3.77. The molecule has 0 N–H and O–H groups in total. The van der Waals surface area contributed by atoms with Gasteiger partial charge in [-0.1, -0.05) is 42.7 Å². The van der Waals surface area contributed by atoms with Crippen LogP contribution in [0, 0.1) is 0 Å². The third-order valence-electron chi connectivity index (χ3n) is 4.73. The van der Waals surface area contributed by atoms with Crippen LogP contribution >= 0.6 is 11.6 Å². The third kappa shape index (κ3) is 4.91. The predicted octanol–water partition coefficient (Wildman–Crippen LogP) is 5.50. The van der Waals surface area contributed by atoms with Crippen LogP contribution in [0.5, 0.6) is 0 Å². The number of hydrogen-bond acceptors (Lipinski definition) is 5. The fraction of sp³-hybridized carbons (Fsp3) is 0.364. The molecule has 1 aromatic heterocycles. The van der Waals surface area contributed by atoms with E-state index in [0.717, 1.165) is 11.1 Å². The van der Waals surface area contributed by atoms with Gasteiger partial charge in [-0.15, -0.1) is 0 Å². The van der Waals surface area contributed by atoms with E-state index in [1.165, 1.54) is 4.31 Å². The second kappa shape index (κ2) is 8.49. The van der Waals surface area contributed by atoms with Gasteiger partial charge in [0, 0.05) is 16.1 Å². The van der Waals surface area contributed by atoms with E-state index >= 15 is 0 Å². The topological polar surface area (TPSA) is 76.3 Å². The Labute approximate surface area is 182 Å². The Bertz CT molecular complexity index is 1100. The molecule has 160 valence electrons. The summed E-state index contributed by atoms with van der Waals surface area (Å²) in [4.78, 5) is 4.62. The summed E-state index contributed by atoms with van der Waals surface area (Å²) in [6, 6.07) is 14.0. The van der Waals surface area contributed by atoms with Crippen LogP contribution in [-0.4, -0.2) is 28.4 Å². The highest BCUT2D eigenvalue weighted by atomic mass is 35.5. The molecule has 30 heavy (non-hydrogen) atoms. The van der Waals surface area contributed by atoms with Crippen molar-refractivity contribution in [3.05, 3.63) is 65.0 Å². The first-order chi connectivity index (χ1) is 14.0. The van der Waals surface area contributed by atoms with E-state index in [9.17, 15) is 8.42 Å². The molecule has 0 saturated heterocycles. The van der Waals surface area contributed by atoms with E-state index in [1.54, 1.807) is 36.4 Å². The van der Waals surface area contributed by atoms with Crippen molar-refractivity contribution >= 4 is 21.6 Å². The van der Waals surface area contributed by atoms with Crippen LogP contribution in [0.15, 0.2) is 57.9 Å². The van der Waals surface area contributed by atoms with Crippen molar-refractivity contribution in [3.8, 4) is 11.4 Å². The lowest BCUT2D eigenvalue weighted by atomic mass is 10.0. The molecule has 8 heteroatoms. The van der Waals surface area contributed by atoms with Gasteiger partial charge in [0.1, 0.15) is 0 Å². The number of nitrogens with zero attached hydrogens (tertiary/aromatic N) is 3. The summed E-state index contributed by atoms with van der Waals surface area (Å²) in [6.07, 6.45) is 0. The molecule has 1 heterocycles. The van der Waals surface area contributed by atoms with E-state index < -0.39 is 15.6 Å². The van der Waals surface area contributed by atoms with Crippen molar-refractivity contribution in [2.75, 3.05) is 0 Å². The van der Waals surface area contributed by atoms with E-state index in [0.29, 0.717) is 16.8 Å². The summed E-state index contributed by atoms with van der Waals surface area (Å²) in [5.74, 6) is 0.927. The largest absolute Gasteiger partial charge is 0.338 e. The first-order valence-corrected chi connectivity index (χ1v) is 11.5. The Morgan fingerprint density at radius 2 is 1.63 bits per heavy atom. The summed E-state index contributed by atoms with van der Waals surface area (Å²) in [5.41, 5.74) is 1.13. The Morgan fingerprint density at radius 3 is 2.17 bits per heavy atom. The zero-order valence-corrected chi connectivity index (χ0v) is 19.3. The maximum Gasteiger partial charge on any atom is 0.244 e. The molecule has 0 atom stereocenters. The molecule has 0 saturated carbocycles. The Kier molecular flexibility index (Phi) is 6.36. The Morgan fingerprint density at radius 1 is 1.03 bits per heavy atom. The number of hydrogen-bond donors (Lipinski definition) is 0. The van der Waals surface area contributed by atoms with E-state index in [4.69, 9.17) is 16.1 Å². The Hall–Kier alpha value is -2.22. The highest BCUT2D eigenvalue weighted by molar-refractivity contribution is 7.89. The third-order valence-corrected chi connectivity index (χ3v) is 7.11. The number of halogens is 1. The van der Waals surface area contributed by atoms with E-state index in [-0.39, 0.29) is 17.3 Å². The smallest absolute Gasteiger partial charge is 0.244 e. The molecule has 0 aliphatic carbocycles. The second-order valence-electron chi connectivity index (χ2n) is 8.42.